The summed E-state index contributed by atoms with van der Waals surface area (Å²) in [6.45, 7) is 5.87. The maximum atomic E-state index is 12.8. The molecule has 1 N–H and O–H groups in total. The molecule has 0 aliphatic heterocycles. The maximum absolute atomic E-state index is 12.8. The molecule has 1 amide bonds. The highest BCUT2D eigenvalue weighted by atomic mass is 16.2. The number of amides is 1. The van der Waals surface area contributed by atoms with Gasteiger partial charge in [-0.15, -0.1) is 0 Å². The number of carbonyl (C=O) groups excluding carboxylic acids is 1. The number of benzene rings is 2. The topological polar surface area (TPSA) is 81.8 Å². The molecule has 2 heterocycles. The van der Waals surface area contributed by atoms with Crippen LogP contribution in [0.3, 0.4) is 0 Å². The van der Waals surface area contributed by atoms with E-state index in [0.717, 1.165) is 22.4 Å². The highest BCUT2D eigenvalue weighted by Crippen LogP contribution is 2.18. The van der Waals surface area contributed by atoms with Crippen LogP contribution in [-0.2, 0) is 11.3 Å². The van der Waals surface area contributed by atoms with E-state index in [1.165, 1.54) is 17.1 Å². The third-order valence-electron chi connectivity index (χ3n) is 4.78. The van der Waals surface area contributed by atoms with E-state index in [-0.39, 0.29) is 18.0 Å². The first-order chi connectivity index (χ1) is 13.9. The number of aryl methyl sites for hydroxylation is 3. The number of hydrogen-bond acceptors (Lipinski definition) is 4. The fourth-order valence-corrected chi connectivity index (χ4v) is 3.27. The van der Waals surface area contributed by atoms with Crippen LogP contribution in [0.1, 0.15) is 16.7 Å². The van der Waals surface area contributed by atoms with E-state index >= 15 is 0 Å². The van der Waals surface area contributed by atoms with Crippen LogP contribution in [0, 0.1) is 20.8 Å². The van der Waals surface area contributed by atoms with Crippen LogP contribution < -0.4 is 10.9 Å². The third-order valence-corrected chi connectivity index (χ3v) is 4.78. The van der Waals surface area contributed by atoms with Gasteiger partial charge in [-0.1, -0.05) is 35.4 Å². The van der Waals surface area contributed by atoms with Crippen molar-refractivity contribution < 1.29 is 4.79 Å². The Kier molecular flexibility index (Phi) is 4.72. The van der Waals surface area contributed by atoms with Crippen LogP contribution in [0.2, 0.25) is 0 Å². The predicted molar refractivity (Wildman–Crippen MR) is 112 cm³/mol. The van der Waals surface area contributed by atoms with Gasteiger partial charge < -0.3 is 5.32 Å². The number of aromatic nitrogens is 4. The molecule has 0 saturated heterocycles. The zero-order valence-corrected chi connectivity index (χ0v) is 16.5. The molecule has 0 atom stereocenters. The predicted octanol–water partition coefficient (Wildman–Crippen LogP) is 3.15. The lowest BCUT2D eigenvalue weighted by atomic mass is 10.1. The average Bonchev–Trinajstić information content (AvgIpc) is 3.10. The second kappa shape index (κ2) is 7.35. The minimum Gasteiger partial charge on any atom is -0.325 e. The second-order valence-electron chi connectivity index (χ2n) is 7.18. The van der Waals surface area contributed by atoms with Gasteiger partial charge in [-0.2, -0.15) is 5.10 Å². The maximum Gasteiger partial charge on any atom is 0.264 e. The molecule has 2 aromatic carbocycles. The summed E-state index contributed by atoms with van der Waals surface area (Å²) in [4.78, 5) is 29.6. The van der Waals surface area contributed by atoms with Crippen LogP contribution in [0.25, 0.3) is 16.7 Å². The van der Waals surface area contributed by atoms with Gasteiger partial charge in [0.05, 0.1) is 11.9 Å². The molecule has 7 nitrogen and oxygen atoms in total. The molecule has 4 aromatic rings. The molecule has 146 valence electrons. The molecule has 4 rings (SSSR count). The van der Waals surface area contributed by atoms with E-state index in [9.17, 15) is 9.59 Å². The molecular weight excluding hydrogens is 366 g/mol. The van der Waals surface area contributed by atoms with Gasteiger partial charge in [-0.25, -0.2) is 9.67 Å². The van der Waals surface area contributed by atoms with Crippen LogP contribution >= 0.6 is 0 Å². The van der Waals surface area contributed by atoms with Crippen LogP contribution in [0.5, 0.6) is 0 Å². The SMILES string of the molecule is Cc1ccc(NC(=O)Cn2cnc3c(cnn3-c3ccc(C)cc3C)c2=O)cc1. The van der Waals surface area contributed by atoms with Crippen molar-refractivity contribution in [3.05, 3.63) is 82.0 Å². The molecule has 0 fully saturated rings. The Balaban J connectivity index is 1.62. The molecule has 0 spiro atoms. The molecule has 0 aliphatic carbocycles. The fraction of sp³-hybridized carbons (Fsp3) is 0.182. The van der Waals surface area contributed by atoms with E-state index in [4.69, 9.17) is 0 Å². The smallest absolute Gasteiger partial charge is 0.264 e. The summed E-state index contributed by atoms with van der Waals surface area (Å²) < 4.78 is 2.95. The normalized spacial score (nSPS) is 11.0. The van der Waals surface area contributed by atoms with Gasteiger partial charge in [0.25, 0.3) is 5.56 Å². The number of anilines is 1. The lowest BCUT2D eigenvalue weighted by Crippen LogP contribution is -2.27. The zero-order valence-electron chi connectivity index (χ0n) is 16.5. The van der Waals surface area contributed by atoms with Crippen LogP contribution in [0.4, 0.5) is 5.69 Å². The van der Waals surface area contributed by atoms with E-state index in [2.05, 4.69) is 21.5 Å². The van der Waals surface area contributed by atoms with Gasteiger partial charge in [-0.3, -0.25) is 14.2 Å². The molecule has 0 bridgehead atoms. The molecule has 2 aromatic heterocycles. The van der Waals surface area contributed by atoms with Gasteiger partial charge in [-0.05, 0) is 44.5 Å². The molecule has 0 saturated carbocycles. The Morgan fingerprint density at radius 3 is 2.48 bits per heavy atom. The average molecular weight is 387 g/mol. The Bertz CT molecular complexity index is 1270. The lowest BCUT2D eigenvalue weighted by Gasteiger charge is -2.09. The van der Waals surface area contributed by atoms with Gasteiger partial charge in [0.1, 0.15) is 18.3 Å². The Labute approximate surface area is 167 Å². The Morgan fingerprint density at radius 1 is 1.03 bits per heavy atom. The molecule has 29 heavy (non-hydrogen) atoms. The number of rotatable bonds is 4. The quantitative estimate of drug-likeness (QED) is 0.583. The standard InChI is InChI=1S/C22H21N5O2/c1-14-4-7-17(8-5-14)25-20(28)12-26-13-23-21-18(22(26)29)11-24-27(21)19-9-6-15(2)10-16(19)3/h4-11,13H,12H2,1-3H3,(H,25,28). The van der Waals surface area contributed by atoms with Crippen molar-refractivity contribution in [3.63, 3.8) is 0 Å². The molecule has 0 unspecified atom stereocenters. The van der Waals surface area contributed by atoms with E-state index < -0.39 is 0 Å². The highest BCUT2D eigenvalue weighted by Gasteiger charge is 2.14. The van der Waals surface area contributed by atoms with E-state index in [1.54, 1.807) is 4.68 Å². The summed E-state index contributed by atoms with van der Waals surface area (Å²) in [5.41, 5.74) is 5.02. The van der Waals surface area contributed by atoms with Crippen molar-refractivity contribution in [1.82, 2.24) is 19.3 Å². The van der Waals surface area contributed by atoms with Crippen LogP contribution in [-0.4, -0.2) is 25.2 Å². The summed E-state index contributed by atoms with van der Waals surface area (Å²) in [6.07, 6.45) is 2.89. The summed E-state index contributed by atoms with van der Waals surface area (Å²) in [6, 6.07) is 13.5. The molecular formula is C22H21N5O2. The van der Waals surface area contributed by atoms with Crippen LogP contribution in [0.15, 0.2) is 59.8 Å². The van der Waals surface area contributed by atoms with Crippen molar-refractivity contribution in [2.45, 2.75) is 27.3 Å². The van der Waals surface area contributed by atoms with E-state index in [1.807, 2.05) is 57.2 Å². The molecule has 0 aliphatic rings. The van der Waals surface area contributed by atoms with Crippen molar-refractivity contribution >= 4 is 22.6 Å². The second-order valence-corrected chi connectivity index (χ2v) is 7.18. The van der Waals surface area contributed by atoms with Crippen molar-refractivity contribution in [2.24, 2.45) is 0 Å². The van der Waals surface area contributed by atoms with Gasteiger partial charge in [0.15, 0.2) is 5.65 Å². The Morgan fingerprint density at radius 2 is 1.76 bits per heavy atom. The summed E-state index contributed by atoms with van der Waals surface area (Å²) in [5, 5.41) is 7.51. The minimum atomic E-state index is -0.301. The zero-order chi connectivity index (χ0) is 20.5. The third kappa shape index (κ3) is 3.67. The number of nitrogens with zero attached hydrogens (tertiary/aromatic N) is 4. The summed E-state index contributed by atoms with van der Waals surface area (Å²) >= 11 is 0. The fourth-order valence-electron chi connectivity index (χ4n) is 3.27. The van der Waals surface area contributed by atoms with Gasteiger partial charge in [0, 0.05) is 5.69 Å². The largest absolute Gasteiger partial charge is 0.325 e. The number of nitrogens with one attached hydrogen (secondary N) is 1. The first-order valence-electron chi connectivity index (χ1n) is 9.30. The summed E-state index contributed by atoms with van der Waals surface area (Å²) in [7, 11) is 0. The van der Waals surface area contributed by atoms with Crippen molar-refractivity contribution in [3.8, 4) is 5.69 Å². The highest BCUT2D eigenvalue weighted by molar-refractivity contribution is 5.90. The molecule has 0 radical (unpaired) electrons. The van der Waals surface area contributed by atoms with Gasteiger partial charge in [0.2, 0.25) is 5.91 Å². The number of fused-ring (bicyclic) bond motifs is 1. The monoisotopic (exact) mass is 387 g/mol. The summed E-state index contributed by atoms with van der Waals surface area (Å²) in [5.74, 6) is -0.293. The first kappa shape index (κ1) is 18.6. The van der Waals surface area contributed by atoms with E-state index in [0.29, 0.717) is 16.7 Å². The van der Waals surface area contributed by atoms with Crippen molar-refractivity contribution in [2.75, 3.05) is 5.32 Å². The number of carbonyl (C=O) groups is 1. The molecule has 7 heteroatoms. The lowest BCUT2D eigenvalue weighted by molar-refractivity contribution is -0.116. The van der Waals surface area contributed by atoms with Gasteiger partial charge >= 0.3 is 0 Å². The van der Waals surface area contributed by atoms with Crippen molar-refractivity contribution in [1.29, 1.82) is 0 Å². The number of hydrogen-bond donors (Lipinski definition) is 1. The Hall–Kier alpha value is -3.74. The first-order valence-corrected chi connectivity index (χ1v) is 9.30. The minimum absolute atomic E-state index is 0.121.